The zero-order valence-electron chi connectivity index (χ0n) is 12.4. The first kappa shape index (κ1) is 15.3. The second-order valence-electron chi connectivity index (χ2n) is 5.83. The number of phenolic OH excluding ortho intramolecular Hbond substituents is 1. The Morgan fingerprint density at radius 1 is 1.30 bits per heavy atom. The summed E-state index contributed by atoms with van der Waals surface area (Å²) in [6.45, 7) is 6.17. The molecule has 0 spiro atoms. The molecule has 0 saturated heterocycles. The van der Waals surface area contributed by atoms with E-state index in [0.29, 0.717) is 25.4 Å². The zero-order chi connectivity index (χ0) is 14.5. The highest BCUT2D eigenvalue weighted by molar-refractivity contribution is 5.40. The largest absolute Gasteiger partial charge is 0.508 e. The van der Waals surface area contributed by atoms with E-state index in [4.69, 9.17) is 4.74 Å². The number of aliphatic hydroxyl groups excluding tert-OH is 1. The Labute approximate surface area is 120 Å². The summed E-state index contributed by atoms with van der Waals surface area (Å²) in [5.41, 5.74) is 3.10. The molecule has 3 N–H and O–H groups in total. The van der Waals surface area contributed by atoms with Crippen molar-refractivity contribution in [2.45, 2.75) is 39.3 Å². The average molecular weight is 279 g/mol. The standard InChI is InChI=1S/C16H25NO3/c1-11-5-14(16(19)6-12(11)2)7-17-8-15(18)10-20-9-13-3-4-13/h5-6,13,15,17-19H,3-4,7-10H2,1-2H3. The molecule has 4 heteroatoms. The molecule has 1 aromatic rings. The molecule has 112 valence electrons. The molecule has 0 radical (unpaired) electrons. The first-order valence-electron chi connectivity index (χ1n) is 7.32. The van der Waals surface area contributed by atoms with Crippen LogP contribution in [0.15, 0.2) is 12.1 Å². The van der Waals surface area contributed by atoms with Gasteiger partial charge < -0.3 is 20.3 Å². The Bertz CT molecular complexity index is 444. The molecule has 1 saturated carbocycles. The minimum absolute atomic E-state index is 0.306. The van der Waals surface area contributed by atoms with Crippen LogP contribution in [0, 0.1) is 19.8 Å². The second kappa shape index (κ2) is 7.07. The maximum absolute atomic E-state index is 9.86. The van der Waals surface area contributed by atoms with Gasteiger partial charge in [0.05, 0.1) is 12.7 Å². The van der Waals surface area contributed by atoms with Crippen LogP contribution < -0.4 is 5.32 Å². The van der Waals surface area contributed by atoms with Crippen molar-refractivity contribution in [2.75, 3.05) is 19.8 Å². The fourth-order valence-corrected chi connectivity index (χ4v) is 2.09. The fraction of sp³-hybridized carbons (Fsp3) is 0.625. The summed E-state index contributed by atoms with van der Waals surface area (Å²) < 4.78 is 5.44. The van der Waals surface area contributed by atoms with Gasteiger partial charge >= 0.3 is 0 Å². The van der Waals surface area contributed by atoms with E-state index in [9.17, 15) is 10.2 Å². The van der Waals surface area contributed by atoms with Crippen molar-refractivity contribution in [2.24, 2.45) is 5.92 Å². The van der Waals surface area contributed by atoms with Crippen molar-refractivity contribution in [3.63, 3.8) is 0 Å². The average Bonchev–Trinajstić information content (AvgIpc) is 3.19. The van der Waals surface area contributed by atoms with Crippen molar-refractivity contribution in [1.82, 2.24) is 5.32 Å². The number of nitrogens with one attached hydrogen (secondary N) is 1. The molecule has 1 unspecified atom stereocenters. The van der Waals surface area contributed by atoms with Gasteiger partial charge in [-0.25, -0.2) is 0 Å². The maximum Gasteiger partial charge on any atom is 0.120 e. The normalized spacial score (nSPS) is 16.4. The number of aliphatic hydroxyl groups is 1. The van der Waals surface area contributed by atoms with Crippen LogP contribution in [0.4, 0.5) is 0 Å². The van der Waals surface area contributed by atoms with Crippen LogP contribution in [0.5, 0.6) is 5.75 Å². The zero-order valence-corrected chi connectivity index (χ0v) is 12.4. The van der Waals surface area contributed by atoms with E-state index in [2.05, 4.69) is 5.32 Å². The third kappa shape index (κ3) is 4.78. The molecule has 1 aromatic carbocycles. The molecule has 0 aromatic heterocycles. The second-order valence-corrected chi connectivity index (χ2v) is 5.83. The molecule has 0 aliphatic heterocycles. The quantitative estimate of drug-likeness (QED) is 0.680. The molecule has 20 heavy (non-hydrogen) atoms. The van der Waals surface area contributed by atoms with E-state index in [0.717, 1.165) is 29.2 Å². The van der Waals surface area contributed by atoms with Gasteiger partial charge in [0.25, 0.3) is 0 Å². The van der Waals surface area contributed by atoms with Gasteiger partial charge in [-0.15, -0.1) is 0 Å². The highest BCUT2D eigenvalue weighted by Crippen LogP contribution is 2.28. The smallest absolute Gasteiger partial charge is 0.120 e. The summed E-state index contributed by atoms with van der Waals surface area (Å²) in [5.74, 6) is 1.03. The Hall–Kier alpha value is -1.10. The van der Waals surface area contributed by atoms with Crippen LogP contribution in [-0.2, 0) is 11.3 Å². The number of hydrogen-bond donors (Lipinski definition) is 3. The van der Waals surface area contributed by atoms with E-state index < -0.39 is 6.10 Å². The Morgan fingerprint density at radius 2 is 2.00 bits per heavy atom. The molecule has 0 amide bonds. The lowest BCUT2D eigenvalue weighted by molar-refractivity contribution is 0.0324. The Kier molecular flexibility index (Phi) is 5.40. The third-order valence-electron chi connectivity index (χ3n) is 3.75. The number of phenols is 1. The van der Waals surface area contributed by atoms with Crippen LogP contribution in [0.25, 0.3) is 0 Å². The summed E-state index contributed by atoms with van der Waals surface area (Å²) in [5, 5.41) is 22.8. The Balaban J connectivity index is 1.67. The molecular formula is C16H25NO3. The van der Waals surface area contributed by atoms with Crippen LogP contribution in [-0.4, -0.2) is 36.1 Å². The van der Waals surface area contributed by atoms with Gasteiger partial charge in [-0.1, -0.05) is 6.07 Å². The maximum atomic E-state index is 9.86. The van der Waals surface area contributed by atoms with Crippen molar-refractivity contribution >= 4 is 0 Å². The van der Waals surface area contributed by atoms with E-state index in [1.165, 1.54) is 12.8 Å². The molecule has 1 atom stereocenters. The lowest BCUT2D eigenvalue weighted by atomic mass is 10.1. The number of hydrogen-bond acceptors (Lipinski definition) is 4. The van der Waals surface area contributed by atoms with Crippen molar-refractivity contribution in [3.05, 3.63) is 28.8 Å². The molecule has 0 bridgehead atoms. The number of aryl methyl sites for hydroxylation is 2. The number of ether oxygens (including phenoxy) is 1. The molecule has 4 nitrogen and oxygen atoms in total. The van der Waals surface area contributed by atoms with E-state index in [1.807, 2.05) is 19.9 Å². The van der Waals surface area contributed by atoms with Gasteiger partial charge in [0.15, 0.2) is 0 Å². The monoisotopic (exact) mass is 279 g/mol. The van der Waals surface area contributed by atoms with Gasteiger partial charge in [-0.3, -0.25) is 0 Å². The lowest BCUT2D eigenvalue weighted by Crippen LogP contribution is -2.30. The molecule has 1 aliphatic rings. The molecule has 1 fully saturated rings. The van der Waals surface area contributed by atoms with Crippen LogP contribution in [0.1, 0.15) is 29.5 Å². The third-order valence-corrected chi connectivity index (χ3v) is 3.75. The van der Waals surface area contributed by atoms with E-state index in [1.54, 1.807) is 6.07 Å². The van der Waals surface area contributed by atoms with Crippen LogP contribution in [0.3, 0.4) is 0 Å². The predicted octanol–water partition coefficient (Wildman–Crippen LogP) is 1.89. The summed E-state index contributed by atoms with van der Waals surface area (Å²) in [6.07, 6.45) is 2.03. The molecule has 0 heterocycles. The van der Waals surface area contributed by atoms with E-state index >= 15 is 0 Å². The minimum Gasteiger partial charge on any atom is -0.508 e. The summed E-state index contributed by atoms with van der Waals surface area (Å²) in [7, 11) is 0. The highest BCUT2D eigenvalue weighted by Gasteiger charge is 2.21. The first-order valence-corrected chi connectivity index (χ1v) is 7.32. The van der Waals surface area contributed by atoms with Gasteiger partial charge in [-0.2, -0.15) is 0 Å². The summed E-state index contributed by atoms with van der Waals surface area (Å²) >= 11 is 0. The lowest BCUT2D eigenvalue weighted by Gasteiger charge is -2.13. The first-order chi connectivity index (χ1) is 9.56. The van der Waals surface area contributed by atoms with E-state index in [-0.39, 0.29) is 0 Å². The topological polar surface area (TPSA) is 61.7 Å². The minimum atomic E-state index is -0.498. The van der Waals surface area contributed by atoms with Crippen molar-refractivity contribution in [1.29, 1.82) is 0 Å². The number of rotatable bonds is 8. The summed E-state index contributed by atoms with van der Waals surface area (Å²) in [4.78, 5) is 0. The molecule has 2 rings (SSSR count). The van der Waals surface area contributed by atoms with Gasteiger partial charge in [-0.05, 0) is 49.8 Å². The summed E-state index contributed by atoms with van der Waals surface area (Å²) in [6, 6.07) is 3.76. The highest BCUT2D eigenvalue weighted by atomic mass is 16.5. The Morgan fingerprint density at radius 3 is 2.70 bits per heavy atom. The van der Waals surface area contributed by atoms with Crippen molar-refractivity contribution in [3.8, 4) is 5.75 Å². The van der Waals surface area contributed by atoms with Gasteiger partial charge in [0, 0.05) is 25.3 Å². The number of benzene rings is 1. The fourth-order valence-electron chi connectivity index (χ4n) is 2.09. The molecule has 1 aliphatic carbocycles. The SMILES string of the molecule is Cc1cc(O)c(CNCC(O)COCC2CC2)cc1C. The van der Waals surface area contributed by atoms with Gasteiger partial charge in [0.1, 0.15) is 5.75 Å². The van der Waals surface area contributed by atoms with Crippen LogP contribution in [0.2, 0.25) is 0 Å². The van der Waals surface area contributed by atoms with Gasteiger partial charge in [0.2, 0.25) is 0 Å². The number of aromatic hydroxyl groups is 1. The van der Waals surface area contributed by atoms with Crippen LogP contribution >= 0.6 is 0 Å². The van der Waals surface area contributed by atoms with Crippen molar-refractivity contribution < 1.29 is 14.9 Å². The molecular weight excluding hydrogens is 254 g/mol. The predicted molar refractivity (Wildman–Crippen MR) is 78.8 cm³/mol.